The normalized spacial score (nSPS) is 12.9. The summed E-state index contributed by atoms with van der Waals surface area (Å²) < 4.78 is 8.69. The Morgan fingerprint density at radius 1 is 1.48 bits per heavy atom. The van der Waals surface area contributed by atoms with Crippen LogP contribution in [0.5, 0.6) is 5.75 Å². The summed E-state index contributed by atoms with van der Waals surface area (Å²) in [5, 5.41) is 10.2. The Hall–Kier alpha value is -0.850. The molecule has 0 aromatic carbocycles. The molecule has 0 bridgehead atoms. The summed E-state index contributed by atoms with van der Waals surface area (Å²) in [4.78, 5) is 1.26. The Morgan fingerprint density at radius 3 is 2.76 bits per heavy atom. The van der Waals surface area contributed by atoms with Crippen molar-refractivity contribution in [3.63, 3.8) is 0 Å². The van der Waals surface area contributed by atoms with E-state index in [9.17, 15) is 0 Å². The van der Waals surface area contributed by atoms with Gasteiger partial charge in [0.1, 0.15) is 5.69 Å². The second-order valence-corrected chi connectivity index (χ2v) is 7.05. The molecule has 0 spiro atoms. The largest absolute Gasteiger partial charge is 0.493 e. The van der Waals surface area contributed by atoms with Gasteiger partial charge in [0.25, 0.3) is 0 Å². The molecular weight excluding hydrogens is 350 g/mol. The van der Waals surface area contributed by atoms with E-state index in [-0.39, 0.29) is 6.04 Å². The van der Waals surface area contributed by atoms with Crippen molar-refractivity contribution in [2.45, 2.75) is 39.3 Å². The van der Waals surface area contributed by atoms with Crippen LogP contribution in [0.4, 0.5) is 0 Å². The summed E-state index contributed by atoms with van der Waals surface area (Å²) in [6, 6.07) is 2.55. The van der Waals surface area contributed by atoms with Crippen LogP contribution in [0.15, 0.2) is 22.1 Å². The highest BCUT2D eigenvalue weighted by molar-refractivity contribution is 9.10. The van der Waals surface area contributed by atoms with Gasteiger partial charge in [-0.15, -0.1) is 11.3 Å². The molecule has 4 nitrogen and oxygen atoms in total. The van der Waals surface area contributed by atoms with E-state index < -0.39 is 0 Å². The molecule has 0 aliphatic rings. The Bertz CT molecular complexity index is 579. The zero-order valence-electron chi connectivity index (χ0n) is 12.9. The van der Waals surface area contributed by atoms with E-state index in [1.165, 1.54) is 4.88 Å². The van der Waals surface area contributed by atoms with Gasteiger partial charge in [0.05, 0.1) is 19.3 Å². The van der Waals surface area contributed by atoms with Crippen LogP contribution < -0.4 is 10.1 Å². The Balaban J connectivity index is 2.47. The molecule has 0 amide bonds. The third kappa shape index (κ3) is 3.67. The summed E-state index contributed by atoms with van der Waals surface area (Å²) in [5.41, 5.74) is 1.09. The Labute approximate surface area is 138 Å². The molecule has 0 saturated carbocycles. The lowest BCUT2D eigenvalue weighted by Gasteiger charge is -2.21. The van der Waals surface area contributed by atoms with E-state index in [4.69, 9.17) is 4.74 Å². The average Bonchev–Trinajstić information content (AvgIpc) is 3.06. The van der Waals surface area contributed by atoms with Gasteiger partial charge < -0.3 is 10.1 Å². The first-order valence-corrected chi connectivity index (χ1v) is 8.84. The highest BCUT2D eigenvalue weighted by Gasteiger charge is 2.25. The van der Waals surface area contributed by atoms with Crippen LogP contribution in [0, 0.1) is 0 Å². The summed E-state index contributed by atoms with van der Waals surface area (Å²) in [6.45, 7) is 7.40. The zero-order chi connectivity index (χ0) is 15.4. The predicted octanol–water partition coefficient (Wildman–Crippen LogP) is 4.39. The number of nitrogens with zero attached hydrogens (tertiary/aromatic N) is 2. The Kier molecular flexibility index (Phi) is 5.84. The van der Waals surface area contributed by atoms with Crippen LogP contribution in [0.25, 0.3) is 0 Å². The molecule has 0 radical (unpaired) electrons. The summed E-state index contributed by atoms with van der Waals surface area (Å²) >= 11 is 5.28. The molecule has 2 rings (SSSR count). The van der Waals surface area contributed by atoms with Crippen molar-refractivity contribution < 1.29 is 4.74 Å². The number of rotatable bonds is 7. The monoisotopic (exact) mass is 371 g/mol. The second kappa shape index (κ2) is 7.42. The first kappa shape index (κ1) is 16.5. The van der Waals surface area contributed by atoms with E-state index in [0.717, 1.165) is 28.9 Å². The number of hydrogen-bond acceptors (Lipinski definition) is 4. The fourth-order valence-corrected chi connectivity index (χ4v) is 3.82. The SMILES string of the molecule is CCCNC(c1cc(Br)cs1)c1c(OC)cnn1C(C)C. The standard InChI is InChI=1S/C15H22BrN3OS/c1-5-6-17-14(13-7-11(16)9-21-13)15-12(20-4)8-18-19(15)10(2)3/h7-10,14,17H,5-6H2,1-4H3. The van der Waals surface area contributed by atoms with Crippen molar-refractivity contribution >= 4 is 27.3 Å². The number of methoxy groups -OCH3 is 1. The molecule has 0 fully saturated rings. The van der Waals surface area contributed by atoms with Crippen LogP contribution in [0.3, 0.4) is 0 Å². The predicted molar refractivity (Wildman–Crippen MR) is 91.3 cm³/mol. The van der Waals surface area contributed by atoms with Crippen molar-refractivity contribution in [1.82, 2.24) is 15.1 Å². The molecule has 2 aromatic rings. The van der Waals surface area contributed by atoms with Crippen LogP contribution in [-0.2, 0) is 0 Å². The Morgan fingerprint density at radius 2 is 2.24 bits per heavy atom. The quantitative estimate of drug-likeness (QED) is 0.784. The van der Waals surface area contributed by atoms with Gasteiger partial charge in [-0.2, -0.15) is 5.10 Å². The minimum Gasteiger partial charge on any atom is -0.493 e. The van der Waals surface area contributed by atoms with Gasteiger partial charge in [-0.1, -0.05) is 6.92 Å². The number of aromatic nitrogens is 2. The smallest absolute Gasteiger partial charge is 0.161 e. The van der Waals surface area contributed by atoms with E-state index in [2.05, 4.69) is 58.6 Å². The molecule has 0 saturated heterocycles. The van der Waals surface area contributed by atoms with Crippen molar-refractivity contribution in [3.05, 3.63) is 32.7 Å². The van der Waals surface area contributed by atoms with Gasteiger partial charge in [0, 0.05) is 20.8 Å². The fourth-order valence-electron chi connectivity index (χ4n) is 2.30. The maximum atomic E-state index is 5.53. The summed E-state index contributed by atoms with van der Waals surface area (Å²) in [7, 11) is 1.70. The first-order chi connectivity index (χ1) is 10.1. The summed E-state index contributed by atoms with van der Waals surface area (Å²) in [6.07, 6.45) is 2.89. The molecule has 2 heterocycles. The molecule has 1 N–H and O–H groups in total. The van der Waals surface area contributed by atoms with Gasteiger partial charge in [-0.3, -0.25) is 4.68 Å². The maximum Gasteiger partial charge on any atom is 0.161 e. The highest BCUT2D eigenvalue weighted by Crippen LogP contribution is 2.35. The van der Waals surface area contributed by atoms with E-state index in [1.807, 2.05) is 4.68 Å². The lowest BCUT2D eigenvalue weighted by Crippen LogP contribution is -2.26. The minimum absolute atomic E-state index is 0.0982. The molecule has 0 aliphatic heterocycles. The second-order valence-electron chi connectivity index (χ2n) is 5.19. The van der Waals surface area contributed by atoms with Crippen LogP contribution in [0.2, 0.25) is 0 Å². The molecule has 2 aromatic heterocycles. The van der Waals surface area contributed by atoms with Gasteiger partial charge in [0.15, 0.2) is 5.75 Å². The molecule has 1 unspecified atom stereocenters. The van der Waals surface area contributed by atoms with Gasteiger partial charge >= 0.3 is 0 Å². The van der Waals surface area contributed by atoms with Crippen molar-refractivity contribution in [1.29, 1.82) is 0 Å². The number of hydrogen-bond donors (Lipinski definition) is 1. The van der Waals surface area contributed by atoms with Crippen molar-refractivity contribution in [2.24, 2.45) is 0 Å². The number of nitrogens with one attached hydrogen (secondary N) is 1. The average molecular weight is 372 g/mol. The molecule has 116 valence electrons. The number of ether oxygens (including phenoxy) is 1. The fraction of sp³-hybridized carbons (Fsp3) is 0.533. The maximum absolute atomic E-state index is 5.53. The third-order valence-corrected chi connectivity index (χ3v) is 5.01. The minimum atomic E-state index is 0.0982. The van der Waals surface area contributed by atoms with Crippen LogP contribution >= 0.6 is 27.3 Å². The van der Waals surface area contributed by atoms with Gasteiger partial charge in [-0.05, 0) is 48.8 Å². The lowest BCUT2D eigenvalue weighted by molar-refractivity contribution is 0.394. The van der Waals surface area contributed by atoms with Gasteiger partial charge in [-0.25, -0.2) is 0 Å². The highest BCUT2D eigenvalue weighted by atomic mass is 79.9. The molecule has 21 heavy (non-hydrogen) atoms. The van der Waals surface area contributed by atoms with E-state index >= 15 is 0 Å². The molecule has 1 atom stereocenters. The number of thiophene rings is 1. The van der Waals surface area contributed by atoms with E-state index in [0.29, 0.717) is 6.04 Å². The lowest BCUT2D eigenvalue weighted by atomic mass is 10.1. The summed E-state index contributed by atoms with van der Waals surface area (Å²) in [5.74, 6) is 0.835. The molecule has 0 aliphatic carbocycles. The van der Waals surface area contributed by atoms with Crippen molar-refractivity contribution in [2.75, 3.05) is 13.7 Å². The van der Waals surface area contributed by atoms with Crippen LogP contribution in [0.1, 0.15) is 49.8 Å². The molecule has 6 heteroatoms. The third-order valence-electron chi connectivity index (χ3n) is 3.25. The van der Waals surface area contributed by atoms with Crippen molar-refractivity contribution in [3.8, 4) is 5.75 Å². The molecular formula is C15H22BrN3OS. The van der Waals surface area contributed by atoms with E-state index in [1.54, 1.807) is 24.6 Å². The number of halogens is 1. The topological polar surface area (TPSA) is 39.1 Å². The first-order valence-electron chi connectivity index (χ1n) is 7.17. The zero-order valence-corrected chi connectivity index (χ0v) is 15.3. The van der Waals surface area contributed by atoms with Gasteiger partial charge in [0.2, 0.25) is 0 Å². The van der Waals surface area contributed by atoms with Crippen LogP contribution in [-0.4, -0.2) is 23.4 Å².